The molecule has 1 heterocycles. The van der Waals surface area contributed by atoms with Gasteiger partial charge in [0.15, 0.2) is 5.13 Å². The lowest BCUT2D eigenvalue weighted by molar-refractivity contribution is 0.220. The molecule has 0 saturated carbocycles. The minimum atomic E-state index is 0.0763. The van der Waals surface area contributed by atoms with E-state index < -0.39 is 0 Å². The predicted octanol–water partition coefficient (Wildman–Crippen LogP) is 2.62. The van der Waals surface area contributed by atoms with Crippen LogP contribution in [0.1, 0.15) is 20.3 Å². The van der Waals surface area contributed by atoms with Crippen LogP contribution >= 0.6 is 22.9 Å². The summed E-state index contributed by atoms with van der Waals surface area (Å²) >= 11 is 7.18. The van der Waals surface area contributed by atoms with Gasteiger partial charge in [-0.25, -0.2) is 4.98 Å². The molecule has 2 N–H and O–H groups in total. The van der Waals surface area contributed by atoms with E-state index in [2.05, 4.69) is 24.1 Å². The molecule has 0 unspecified atom stereocenters. The summed E-state index contributed by atoms with van der Waals surface area (Å²) in [7, 11) is 0. The molecule has 0 amide bonds. The van der Waals surface area contributed by atoms with Crippen LogP contribution in [0.4, 0.5) is 5.13 Å². The lowest BCUT2D eigenvalue weighted by Crippen LogP contribution is -2.24. The summed E-state index contributed by atoms with van der Waals surface area (Å²) in [5, 5.41) is 15.2. The second-order valence-electron chi connectivity index (χ2n) is 3.97. The van der Waals surface area contributed by atoms with Crippen LogP contribution in [0.15, 0.2) is 5.38 Å². The quantitative estimate of drug-likeness (QED) is 0.823. The fourth-order valence-electron chi connectivity index (χ4n) is 1.04. The number of aliphatic hydroxyl groups excluding tert-OH is 1. The van der Waals surface area contributed by atoms with Crippen molar-refractivity contribution in [2.75, 3.05) is 18.5 Å². The molecule has 0 fully saturated rings. The van der Waals surface area contributed by atoms with E-state index in [1.165, 1.54) is 11.3 Å². The van der Waals surface area contributed by atoms with E-state index in [-0.39, 0.29) is 12.0 Å². The summed E-state index contributed by atoms with van der Waals surface area (Å²) in [5.74, 6) is 0. The number of halogens is 1. The first-order valence-corrected chi connectivity index (χ1v) is 5.75. The molecule has 0 bridgehead atoms. The van der Waals surface area contributed by atoms with Gasteiger partial charge in [-0.2, -0.15) is 0 Å². The van der Waals surface area contributed by atoms with Crippen molar-refractivity contribution in [1.29, 1.82) is 0 Å². The van der Waals surface area contributed by atoms with Gasteiger partial charge in [-0.05, 0) is 11.8 Å². The molecule has 0 saturated heterocycles. The van der Waals surface area contributed by atoms with E-state index in [0.717, 1.165) is 18.1 Å². The van der Waals surface area contributed by atoms with Gasteiger partial charge in [-0.1, -0.05) is 25.4 Å². The van der Waals surface area contributed by atoms with Gasteiger partial charge >= 0.3 is 0 Å². The zero-order valence-corrected chi connectivity index (χ0v) is 9.95. The van der Waals surface area contributed by atoms with Crippen molar-refractivity contribution in [1.82, 2.24) is 4.98 Å². The van der Waals surface area contributed by atoms with E-state index >= 15 is 0 Å². The van der Waals surface area contributed by atoms with Crippen molar-refractivity contribution in [2.45, 2.75) is 20.3 Å². The van der Waals surface area contributed by atoms with Gasteiger partial charge in [0.2, 0.25) is 0 Å². The standard InChI is InChI=1S/C9H15ClN2OS/c1-9(2,3-4-13)6-11-8-12-7(10)5-14-8/h5,13H,3-4,6H2,1-2H3,(H,11,12). The molecule has 0 aliphatic heterocycles. The van der Waals surface area contributed by atoms with Crippen molar-refractivity contribution >= 4 is 28.1 Å². The fourth-order valence-corrected chi connectivity index (χ4v) is 1.88. The highest BCUT2D eigenvalue weighted by molar-refractivity contribution is 7.14. The molecule has 80 valence electrons. The zero-order valence-electron chi connectivity index (χ0n) is 8.38. The monoisotopic (exact) mass is 234 g/mol. The Morgan fingerprint density at radius 3 is 2.86 bits per heavy atom. The third kappa shape index (κ3) is 3.82. The second kappa shape index (κ2) is 4.96. The molecule has 14 heavy (non-hydrogen) atoms. The molecular formula is C9H15ClN2OS. The Bertz CT molecular complexity index is 288. The van der Waals surface area contributed by atoms with E-state index in [1.807, 2.05) is 0 Å². The summed E-state index contributed by atoms with van der Waals surface area (Å²) in [5.41, 5.74) is 0.0763. The topological polar surface area (TPSA) is 45.1 Å². The summed E-state index contributed by atoms with van der Waals surface area (Å²) in [6.07, 6.45) is 0.777. The Hall–Kier alpha value is -0.320. The molecule has 0 atom stereocenters. The maximum Gasteiger partial charge on any atom is 0.184 e. The lowest BCUT2D eigenvalue weighted by atomic mass is 9.90. The van der Waals surface area contributed by atoms with Crippen LogP contribution in [0.3, 0.4) is 0 Å². The van der Waals surface area contributed by atoms with Crippen LogP contribution in [0.25, 0.3) is 0 Å². The molecule has 5 heteroatoms. The molecule has 3 nitrogen and oxygen atoms in total. The number of hydrogen-bond donors (Lipinski definition) is 2. The van der Waals surface area contributed by atoms with Crippen LogP contribution in [0, 0.1) is 5.41 Å². The van der Waals surface area contributed by atoms with Gasteiger partial charge in [0.05, 0.1) is 0 Å². The molecule has 0 radical (unpaired) electrons. The first kappa shape index (κ1) is 11.8. The molecule has 1 aromatic heterocycles. The molecule has 0 aliphatic rings. The van der Waals surface area contributed by atoms with Crippen molar-refractivity contribution < 1.29 is 5.11 Å². The summed E-state index contributed by atoms with van der Waals surface area (Å²) in [4.78, 5) is 4.08. The summed E-state index contributed by atoms with van der Waals surface area (Å²) < 4.78 is 0. The largest absolute Gasteiger partial charge is 0.396 e. The second-order valence-corrected chi connectivity index (χ2v) is 5.21. The van der Waals surface area contributed by atoms with Crippen LogP contribution in [0.5, 0.6) is 0 Å². The molecule has 1 aromatic rings. The maximum absolute atomic E-state index is 8.84. The Labute approximate surface area is 93.1 Å². The van der Waals surface area contributed by atoms with E-state index in [0.29, 0.717) is 5.15 Å². The number of hydrogen-bond acceptors (Lipinski definition) is 4. The van der Waals surface area contributed by atoms with Crippen LogP contribution in [0.2, 0.25) is 5.15 Å². The van der Waals surface area contributed by atoms with E-state index in [1.54, 1.807) is 5.38 Å². The molecule has 0 spiro atoms. The molecule has 1 rings (SSSR count). The summed E-state index contributed by atoms with van der Waals surface area (Å²) in [6.45, 7) is 5.21. The van der Waals surface area contributed by atoms with Crippen molar-refractivity contribution in [3.05, 3.63) is 10.5 Å². The number of aromatic nitrogens is 1. The van der Waals surface area contributed by atoms with Crippen molar-refractivity contribution in [3.8, 4) is 0 Å². The van der Waals surface area contributed by atoms with Gasteiger partial charge in [0, 0.05) is 18.5 Å². The highest BCUT2D eigenvalue weighted by atomic mass is 35.5. The van der Waals surface area contributed by atoms with Crippen LogP contribution in [-0.2, 0) is 0 Å². The number of nitrogens with zero attached hydrogens (tertiary/aromatic N) is 1. The van der Waals surface area contributed by atoms with Gasteiger partial charge in [-0.15, -0.1) is 11.3 Å². The number of aliphatic hydroxyl groups is 1. The van der Waals surface area contributed by atoms with E-state index in [9.17, 15) is 0 Å². The minimum absolute atomic E-state index is 0.0763. The molecule has 0 aliphatic carbocycles. The Balaban J connectivity index is 2.40. The van der Waals surface area contributed by atoms with Gasteiger partial charge < -0.3 is 10.4 Å². The third-order valence-corrected chi connectivity index (χ3v) is 3.11. The average Bonchev–Trinajstić information content (AvgIpc) is 2.48. The number of rotatable bonds is 5. The number of anilines is 1. The van der Waals surface area contributed by atoms with Gasteiger partial charge in [-0.3, -0.25) is 0 Å². The Kier molecular flexibility index (Phi) is 4.16. The Morgan fingerprint density at radius 1 is 1.64 bits per heavy atom. The van der Waals surface area contributed by atoms with Crippen LogP contribution in [-0.4, -0.2) is 23.2 Å². The average molecular weight is 235 g/mol. The van der Waals surface area contributed by atoms with Gasteiger partial charge in [0.25, 0.3) is 0 Å². The SMILES string of the molecule is CC(C)(CCO)CNc1nc(Cl)cs1. The highest BCUT2D eigenvalue weighted by Gasteiger charge is 2.17. The number of nitrogens with one attached hydrogen (secondary N) is 1. The Morgan fingerprint density at radius 2 is 2.36 bits per heavy atom. The van der Waals surface area contributed by atoms with Crippen molar-refractivity contribution in [3.63, 3.8) is 0 Å². The van der Waals surface area contributed by atoms with E-state index in [4.69, 9.17) is 16.7 Å². The maximum atomic E-state index is 8.84. The third-order valence-electron chi connectivity index (χ3n) is 1.98. The highest BCUT2D eigenvalue weighted by Crippen LogP contribution is 2.23. The predicted molar refractivity (Wildman–Crippen MR) is 61.1 cm³/mol. The first-order valence-electron chi connectivity index (χ1n) is 4.49. The normalized spacial score (nSPS) is 11.7. The first-order chi connectivity index (χ1) is 6.53. The van der Waals surface area contributed by atoms with Crippen LogP contribution < -0.4 is 5.32 Å². The molecule has 0 aromatic carbocycles. The smallest absolute Gasteiger partial charge is 0.184 e. The zero-order chi connectivity index (χ0) is 10.6. The number of thiazole rings is 1. The van der Waals surface area contributed by atoms with Crippen molar-refractivity contribution in [2.24, 2.45) is 5.41 Å². The fraction of sp³-hybridized carbons (Fsp3) is 0.667. The minimum Gasteiger partial charge on any atom is -0.396 e. The van der Waals surface area contributed by atoms with Gasteiger partial charge in [0.1, 0.15) is 5.15 Å². The lowest BCUT2D eigenvalue weighted by Gasteiger charge is -2.23. The molecular weight excluding hydrogens is 220 g/mol. The summed E-state index contributed by atoms with van der Waals surface area (Å²) in [6, 6.07) is 0.